The van der Waals surface area contributed by atoms with Crippen LogP contribution >= 0.6 is 0 Å². The van der Waals surface area contributed by atoms with Crippen molar-refractivity contribution in [3.05, 3.63) is 65.7 Å². The number of carboxylic acids is 1. The van der Waals surface area contributed by atoms with E-state index < -0.39 is 149 Å². The Kier molecular flexibility index (Phi) is 28.6. The maximum Gasteiger partial charge on any atom is 0.326 e. The first kappa shape index (κ1) is 69.7. The lowest BCUT2D eigenvalue weighted by atomic mass is 9.98. The minimum atomic E-state index is -4.16. The maximum absolute atomic E-state index is 14.4. The normalized spacial score (nSPS) is 16.8. The van der Waals surface area contributed by atoms with Gasteiger partial charge in [0.15, 0.2) is 0 Å². The van der Waals surface area contributed by atoms with E-state index in [0.29, 0.717) is 32.1 Å². The number of likely N-dealkylation sites (tertiary alicyclic amines) is 1. The summed E-state index contributed by atoms with van der Waals surface area (Å²) in [6, 6.07) is 3.47. The summed E-state index contributed by atoms with van der Waals surface area (Å²) in [7, 11) is -4.16. The number of guanidine groups is 1. The van der Waals surface area contributed by atoms with E-state index in [9.17, 15) is 61.5 Å². The van der Waals surface area contributed by atoms with Crippen molar-refractivity contribution in [3.63, 3.8) is 0 Å². The molecule has 0 unspecified atom stereocenters. The zero-order chi connectivity index (χ0) is 62.8. The van der Waals surface area contributed by atoms with Crippen LogP contribution in [0.3, 0.4) is 0 Å². The molecule has 29 heteroatoms. The minimum absolute atomic E-state index is 0.000505. The summed E-state index contributed by atoms with van der Waals surface area (Å²) in [5.41, 5.74) is 18.5. The van der Waals surface area contributed by atoms with Gasteiger partial charge in [-0.15, -0.1) is 0 Å². The smallest absolute Gasteiger partial charge is 0.326 e. The standard InChI is InChI=1S/C56H85N13O15S/c1-33(2)47(67-50(74)42(30-45(59)70)65-48(72)39(58)29-46(71)84-37-17-9-6-10-18-37)53(77)62-35(4)54(78)69-28-14-21-44(69)52(76)63-40(20-13-27-61-56(60)68-85(81,82)38-24-22-34(3)23-25-38)49(73)66-43(32-83-31-36-15-7-5-8-16-36)51(75)64-41(55(79)80)19-11-12-26-57/h5,7-8,15-16,22-25,33,35,37,39-44,47H,6,9-14,17-21,26-32,57-58H2,1-4H3,(H2,59,70)(H,62,77)(H,63,76)(H,64,75)(H,65,72)(H,66,73)(H,67,74)(H,79,80)(H3,60,61,68)/t35-,39-,40-,41-,42-,43-,44-,47-/m0/s1. The summed E-state index contributed by atoms with van der Waals surface area (Å²) in [6.45, 7) is 6.05. The number of carbonyl (C=O) groups excluding carboxylic acids is 9. The van der Waals surface area contributed by atoms with E-state index in [2.05, 4.69) is 41.9 Å². The van der Waals surface area contributed by atoms with Crippen LogP contribution in [0.2, 0.25) is 0 Å². The van der Waals surface area contributed by atoms with E-state index >= 15 is 0 Å². The van der Waals surface area contributed by atoms with E-state index in [-0.39, 0.29) is 62.9 Å². The lowest BCUT2D eigenvalue weighted by Crippen LogP contribution is -2.60. The molecule has 1 aliphatic heterocycles. The number of carboxylic acid groups (broad SMARTS) is 1. The van der Waals surface area contributed by atoms with Gasteiger partial charge in [0.05, 0.1) is 37.0 Å². The second-order valence-electron chi connectivity index (χ2n) is 21.6. The highest BCUT2D eigenvalue weighted by atomic mass is 32.2. The number of hydrogen-bond acceptors (Lipinski definition) is 17. The highest BCUT2D eigenvalue weighted by Crippen LogP contribution is 2.22. The highest BCUT2D eigenvalue weighted by Gasteiger charge is 2.40. The second kappa shape index (κ2) is 34.9. The molecule has 16 N–H and O–H groups in total. The van der Waals surface area contributed by atoms with E-state index in [4.69, 9.17) is 32.1 Å². The van der Waals surface area contributed by atoms with Gasteiger partial charge in [0.25, 0.3) is 10.0 Å². The monoisotopic (exact) mass is 1210 g/mol. The number of carbonyl (C=O) groups is 10. The molecule has 85 heavy (non-hydrogen) atoms. The number of benzene rings is 2. The Morgan fingerprint density at radius 2 is 1.34 bits per heavy atom. The number of nitrogens with two attached hydrogens (primary N) is 3. The molecule has 2 fully saturated rings. The van der Waals surface area contributed by atoms with Crippen LogP contribution in [0.1, 0.15) is 122 Å². The van der Waals surface area contributed by atoms with Gasteiger partial charge in [-0.2, -0.15) is 0 Å². The molecule has 0 bridgehead atoms. The molecule has 28 nitrogen and oxygen atoms in total. The number of sulfonamides is 1. The van der Waals surface area contributed by atoms with Gasteiger partial charge >= 0.3 is 11.9 Å². The summed E-state index contributed by atoms with van der Waals surface area (Å²) in [5.74, 6) is -10.4. The first-order chi connectivity index (χ1) is 40.3. The lowest BCUT2D eigenvalue weighted by Gasteiger charge is -2.30. The molecule has 1 saturated carbocycles. The van der Waals surface area contributed by atoms with Crippen molar-refractivity contribution in [1.29, 1.82) is 5.41 Å². The van der Waals surface area contributed by atoms with Crippen molar-refractivity contribution in [2.75, 3.05) is 26.2 Å². The molecule has 8 amide bonds. The van der Waals surface area contributed by atoms with E-state index in [0.717, 1.165) is 30.4 Å². The van der Waals surface area contributed by atoms with Crippen molar-refractivity contribution < 1.29 is 70.9 Å². The molecular formula is C56H85N13O15S. The van der Waals surface area contributed by atoms with Gasteiger partial charge in [-0.05, 0) is 115 Å². The van der Waals surface area contributed by atoms with Gasteiger partial charge in [-0.25, -0.2) is 17.9 Å². The zero-order valence-electron chi connectivity index (χ0n) is 48.7. The molecule has 4 rings (SSSR count). The van der Waals surface area contributed by atoms with Gasteiger partial charge in [0, 0.05) is 13.1 Å². The number of amides is 8. The molecule has 2 aliphatic rings. The Bertz CT molecular complexity index is 2730. The Morgan fingerprint density at radius 3 is 1.98 bits per heavy atom. The average Bonchev–Trinajstić information content (AvgIpc) is 4.05. The number of unbranched alkanes of at least 4 members (excludes halogenated alkanes) is 1. The topological polar surface area (TPSA) is 445 Å². The predicted molar refractivity (Wildman–Crippen MR) is 309 cm³/mol. The fourth-order valence-corrected chi connectivity index (χ4v) is 10.4. The third-order valence-electron chi connectivity index (χ3n) is 14.2. The Labute approximate surface area is 495 Å². The van der Waals surface area contributed by atoms with Gasteiger partial charge < -0.3 is 73.9 Å². The van der Waals surface area contributed by atoms with Crippen molar-refractivity contribution in [2.24, 2.45) is 23.1 Å². The molecule has 1 heterocycles. The summed E-state index contributed by atoms with van der Waals surface area (Å²) in [4.78, 5) is 135. The third-order valence-corrected chi connectivity index (χ3v) is 15.6. The number of aryl methyl sites for hydroxylation is 1. The van der Waals surface area contributed by atoms with Crippen LogP contribution in [0.4, 0.5) is 0 Å². The number of ether oxygens (including phenoxy) is 2. The molecule has 470 valence electrons. The van der Waals surface area contributed by atoms with Gasteiger partial charge in [-0.1, -0.05) is 68.3 Å². The molecule has 1 aliphatic carbocycles. The minimum Gasteiger partial charge on any atom is -0.480 e. The lowest BCUT2D eigenvalue weighted by molar-refractivity contribution is -0.152. The second-order valence-corrected chi connectivity index (χ2v) is 23.3. The molecule has 8 atom stereocenters. The first-order valence-corrected chi connectivity index (χ1v) is 30.1. The van der Waals surface area contributed by atoms with E-state index in [1.165, 1.54) is 24.0 Å². The molecule has 2 aromatic carbocycles. The number of nitrogens with zero attached hydrogens (tertiary/aromatic N) is 1. The zero-order valence-corrected chi connectivity index (χ0v) is 49.5. The van der Waals surface area contributed by atoms with Gasteiger partial charge in [-0.3, -0.25) is 48.6 Å². The van der Waals surface area contributed by atoms with E-state index in [1.807, 2.05) is 0 Å². The number of aliphatic carboxylic acids is 1. The Morgan fingerprint density at radius 1 is 0.718 bits per heavy atom. The molecule has 1 saturated heterocycles. The molecule has 2 aromatic rings. The Balaban J connectivity index is 1.49. The van der Waals surface area contributed by atoms with E-state index in [1.54, 1.807) is 63.2 Å². The van der Waals surface area contributed by atoms with Crippen molar-refractivity contribution in [2.45, 2.75) is 184 Å². The molecule has 0 spiro atoms. The van der Waals surface area contributed by atoms with Crippen LogP contribution in [0, 0.1) is 18.3 Å². The first-order valence-electron chi connectivity index (χ1n) is 28.6. The number of hydrogen-bond donors (Lipinski definition) is 13. The number of esters is 1. The van der Waals surface area contributed by atoms with Crippen LogP contribution in [-0.2, 0) is 74.0 Å². The summed E-state index contributed by atoms with van der Waals surface area (Å²) in [5, 5.41) is 36.0. The van der Waals surface area contributed by atoms with Crippen LogP contribution < -0.4 is 59.1 Å². The molecular weight excluding hydrogens is 1130 g/mol. The fourth-order valence-electron chi connectivity index (χ4n) is 9.43. The van der Waals surface area contributed by atoms with Crippen LogP contribution in [-0.4, -0.2) is 164 Å². The van der Waals surface area contributed by atoms with Gasteiger partial charge in [0.2, 0.25) is 53.2 Å². The van der Waals surface area contributed by atoms with Crippen molar-refractivity contribution >= 4 is 75.2 Å². The highest BCUT2D eigenvalue weighted by molar-refractivity contribution is 7.90. The average molecular weight is 1210 g/mol. The Hall–Kier alpha value is -7.76. The quantitative estimate of drug-likeness (QED) is 0.0174. The third kappa shape index (κ3) is 23.7. The van der Waals surface area contributed by atoms with Gasteiger partial charge in [0.1, 0.15) is 48.4 Å². The van der Waals surface area contributed by atoms with Crippen LogP contribution in [0.5, 0.6) is 0 Å². The largest absolute Gasteiger partial charge is 0.480 e. The number of primary amides is 1. The predicted octanol–water partition coefficient (Wildman–Crippen LogP) is -0.947. The summed E-state index contributed by atoms with van der Waals surface area (Å²) < 4.78 is 39.4. The SMILES string of the molecule is Cc1ccc(S(=O)(=O)NC(=N)NCCC[C@H](NC(=O)[C@@H]2CCCN2C(=O)[C@H](C)NC(=O)[C@@H](NC(=O)[C@H](CC(N)=O)NC(=O)[C@@H](N)CC(=O)OC2CCCCC2)C(C)C)C(=O)N[C@@H](COCc2ccccc2)C(=O)N[C@@H](CCCCN)C(=O)O)cc1. The maximum atomic E-state index is 14.4. The number of nitrogens with one attached hydrogen (secondary N) is 9. The summed E-state index contributed by atoms with van der Waals surface area (Å²) >= 11 is 0. The van der Waals surface area contributed by atoms with Crippen molar-refractivity contribution in [1.82, 2.24) is 46.8 Å². The summed E-state index contributed by atoms with van der Waals surface area (Å²) in [6.07, 6.45) is 3.77. The van der Waals surface area contributed by atoms with Crippen LogP contribution in [0.25, 0.3) is 0 Å². The van der Waals surface area contributed by atoms with Crippen molar-refractivity contribution in [3.8, 4) is 0 Å². The number of rotatable bonds is 34. The fraction of sp³-hybridized carbons (Fsp3) is 0.589. The van der Waals surface area contributed by atoms with Crippen LogP contribution in [0.15, 0.2) is 59.5 Å². The molecule has 0 aromatic heterocycles. The molecule has 0 radical (unpaired) electrons.